The molecule has 0 atom stereocenters. The summed E-state index contributed by atoms with van der Waals surface area (Å²) in [5.74, 6) is -0.697. The lowest BCUT2D eigenvalue weighted by Gasteiger charge is -2.09. The van der Waals surface area contributed by atoms with Gasteiger partial charge in [-0.3, -0.25) is 4.79 Å². The Labute approximate surface area is 131 Å². The number of hydrogen-bond acceptors (Lipinski definition) is 4. The lowest BCUT2D eigenvalue weighted by Crippen LogP contribution is -2.14. The highest BCUT2D eigenvalue weighted by Crippen LogP contribution is 2.29. The molecule has 1 heterocycles. The van der Waals surface area contributed by atoms with Crippen molar-refractivity contribution in [3.05, 3.63) is 53.6 Å². The van der Waals surface area contributed by atoms with E-state index < -0.39 is 5.97 Å². The van der Waals surface area contributed by atoms with Crippen molar-refractivity contribution in [1.29, 1.82) is 0 Å². The number of hydrogen-bond donors (Lipinski definition) is 2. The Balaban J connectivity index is 2.17. The molecule has 0 aliphatic heterocycles. The molecule has 22 heavy (non-hydrogen) atoms. The molecule has 2 aromatic carbocycles. The molecule has 0 amide bonds. The predicted molar refractivity (Wildman–Crippen MR) is 86.1 cm³/mol. The first-order valence-electron chi connectivity index (χ1n) is 6.62. The Morgan fingerprint density at radius 2 is 1.91 bits per heavy atom. The molecule has 0 spiro atoms. The van der Waals surface area contributed by atoms with E-state index in [1.165, 1.54) is 0 Å². The predicted octanol–water partition coefficient (Wildman–Crippen LogP) is 3.45. The van der Waals surface area contributed by atoms with Crippen molar-refractivity contribution in [2.45, 2.75) is 0 Å². The Kier molecular flexibility index (Phi) is 3.89. The second-order valence-electron chi connectivity index (χ2n) is 4.67. The zero-order valence-electron chi connectivity index (χ0n) is 11.5. The maximum absolute atomic E-state index is 10.7. The highest BCUT2D eigenvalue weighted by atomic mass is 35.5. The fraction of sp³-hybridized carbons (Fsp3) is 0.0625. The van der Waals surface area contributed by atoms with Crippen LogP contribution in [0.25, 0.3) is 22.2 Å². The number of carboxylic acid groups (broad SMARTS) is 1. The normalized spacial score (nSPS) is 10.6. The summed E-state index contributed by atoms with van der Waals surface area (Å²) in [5.41, 5.74) is 2.32. The molecule has 6 heteroatoms. The van der Waals surface area contributed by atoms with Gasteiger partial charge in [-0.1, -0.05) is 41.9 Å². The molecule has 2 N–H and O–H groups in total. The molecule has 5 nitrogen and oxygen atoms in total. The van der Waals surface area contributed by atoms with Crippen LogP contribution < -0.4 is 5.32 Å². The highest BCUT2D eigenvalue weighted by molar-refractivity contribution is 6.31. The van der Waals surface area contributed by atoms with E-state index in [-0.39, 0.29) is 12.5 Å². The second-order valence-corrected chi connectivity index (χ2v) is 5.11. The van der Waals surface area contributed by atoms with Gasteiger partial charge in [0, 0.05) is 16.0 Å². The zero-order valence-corrected chi connectivity index (χ0v) is 12.2. The van der Waals surface area contributed by atoms with Gasteiger partial charge in [0.2, 0.25) is 5.95 Å². The smallest absolute Gasteiger partial charge is 0.322 e. The first kappa shape index (κ1) is 14.3. The minimum absolute atomic E-state index is 0.243. The third-order valence-electron chi connectivity index (χ3n) is 3.10. The Morgan fingerprint density at radius 3 is 2.64 bits per heavy atom. The Morgan fingerprint density at radius 1 is 1.14 bits per heavy atom. The quantitative estimate of drug-likeness (QED) is 0.771. The third kappa shape index (κ3) is 2.99. The summed E-state index contributed by atoms with van der Waals surface area (Å²) in [6, 6.07) is 15.0. The number of halogens is 1. The van der Waals surface area contributed by atoms with E-state index in [0.29, 0.717) is 16.2 Å². The fourth-order valence-electron chi connectivity index (χ4n) is 2.15. The summed E-state index contributed by atoms with van der Waals surface area (Å²) >= 11 is 6.07. The Bertz CT molecular complexity index is 837. The SMILES string of the molecule is O=C(O)CNc1nc(-c2ccccc2)c2cc(Cl)ccc2n1. The maximum Gasteiger partial charge on any atom is 0.322 e. The van der Waals surface area contributed by atoms with Gasteiger partial charge >= 0.3 is 5.97 Å². The van der Waals surface area contributed by atoms with Crippen LogP contribution >= 0.6 is 11.6 Å². The van der Waals surface area contributed by atoms with Gasteiger partial charge < -0.3 is 10.4 Å². The molecule has 0 saturated carbocycles. The Hall–Kier alpha value is -2.66. The van der Waals surface area contributed by atoms with Crippen LogP contribution in [0.15, 0.2) is 48.5 Å². The monoisotopic (exact) mass is 313 g/mol. The van der Waals surface area contributed by atoms with E-state index in [0.717, 1.165) is 10.9 Å². The standard InChI is InChI=1S/C16H12ClN3O2/c17-11-6-7-13-12(8-11)15(10-4-2-1-3-5-10)20-16(19-13)18-9-14(21)22/h1-8H,9H2,(H,21,22)(H,18,19,20). The largest absolute Gasteiger partial charge is 0.480 e. The summed E-state index contributed by atoms with van der Waals surface area (Å²) < 4.78 is 0. The fourth-order valence-corrected chi connectivity index (χ4v) is 2.32. The van der Waals surface area contributed by atoms with Gasteiger partial charge in [-0.15, -0.1) is 0 Å². The summed E-state index contributed by atoms with van der Waals surface area (Å²) in [6.07, 6.45) is 0. The van der Waals surface area contributed by atoms with Crippen LogP contribution in [0.2, 0.25) is 5.02 Å². The van der Waals surface area contributed by atoms with Crippen LogP contribution in [0.5, 0.6) is 0 Å². The number of nitrogens with one attached hydrogen (secondary N) is 1. The molecule has 0 fully saturated rings. The van der Waals surface area contributed by atoms with Crippen LogP contribution in [0.4, 0.5) is 5.95 Å². The van der Waals surface area contributed by atoms with Crippen LogP contribution in [-0.4, -0.2) is 27.6 Å². The average molecular weight is 314 g/mol. The third-order valence-corrected chi connectivity index (χ3v) is 3.34. The van der Waals surface area contributed by atoms with Crippen molar-refractivity contribution in [3.63, 3.8) is 0 Å². The summed E-state index contributed by atoms with van der Waals surface area (Å²) in [5, 5.41) is 12.9. The van der Waals surface area contributed by atoms with Crippen LogP contribution in [-0.2, 0) is 4.79 Å². The first-order valence-corrected chi connectivity index (χ1v) is 6.99. The summed E-state index contributed by atoms with van der Waals surface area (Å²) in [7, 11) is 0. The molecule has 3 rings (SSSR count). The number of benzene rings is 2. The number of anilines is 1. The number of aliphatic carboxylic acids is 1. The molecule has 3 aromatic rings. The van der Waals surface area contributed by atoms with Crippen LogP contribution in [0.1, 0.15) is 0 Å². The van der Waals surface area contributed by atoms with E-state index in [1.807, 2.05) is 30.3 Å². The number of carboxylic acids is 1. The van der Waals surface area contributed by atoms with Gasteiger partial charge in [-0.25, -0.2) is 9.97 Å². The molecule has 0 aliphatic carbocycles. The summed E-state index contributed by atoms with van der Waals surface area (Å²) in [6.45, 7) is -0.243. The molecule has 0 aliphatic rings. The number of carbonyl (C=O) groups is 1. The van der Waals surface area contributed by atoms with Gasteiger partial charge in [0.1, 0.15) is 6.54 Å². The van der Waals surface area contributed by atoms with E-state index in [2.05, 4.69) is 15.3 Å². The maximum atomic E-state index is 10.7. The molecule has 0 bridgehead atoms. The minimum atomic E-state index is -0.971. The summed E-state index contributed by atoms with van der Waals surface area (Å²) in [4.78, 5) is 19.5. The number of rotatable bonds is 4. The number of nitrogens with zero attached hydrogens (tertiary/aromatic N) is 2. The number of aromatic nitrogens is 2. The molecule has 0 unspecified atom stereocenters. The lowest BCUT2D eigenvalue weighted by molar-refractivity contribution is -0.134. The van der Waals surface area contributed by atoms with E-state index in [9.17, 15) is 4.79 Å². The molecular weight excluding hydrogens is 302 g/mol. The molecule has 110 valence electrons. The van der Waals surface area contributed by atoms with Crippen LogP contribution in [0, 0.1) is 0 Å². The minimum Gasteiger partial charge on any atom is -0.480 e. The van der Waals surface area contributed by atoms with Crippen molar-refractivity contribution in [2.24, 2.45) is 0 Å². The van der Waals surface area contributed by atoms with E-state index in [1.54, 1.807) is 18.2 Å². The number of fused-ring (bicyclic) bond motifs is 1. The zero-order chi connectivity index (χ0) is 15.5. The van der Waals surface area contributed by atoms with Crippen LogP contribution in [0.3, 0.4) is 0 Å². The van der Waals surface area contributed by atoms with Crippen molar-refractivity contribution >= 4 is 34.4 Å². The molecule has 1 aromatic heterocycles. The van der Waals surface area contributed by atoms with E-state index in [4.69, 9.17) is 16.7 Å². The van der Waals surface area contributed by atoms with Crippen molar-refractivity contribution in [2.75, 3.05) is 11.9 Å². The van der Waals surface area contributed by atoms with Gasteiger partial charge in [-0.2, -0.15) is 0 Å². The topological polar surface area (TPSA) is 75.1 Å². The van der Waals surface area contributed by atoms with Gasteiger partial charge in [-0.05, 0) is 18.2 Å². The van der Waals surface area contributed by atoms with Gasteiger partial charge in [0.05, 0.1) is 11.2 Å². The second kappa shape index (κ2) is 5.99. The van der Waals surface area contributed by atoms with E-state index >= 15 is 0 Å². The molecule has 0 radical (unpaired) electrons. The van der Waals surface area contributed by atoms with Crippen molar-refractivity contribution in [1.82, 2.24) is 9.97 Å². The molecule has 0 saturated heterocycles. The van der Waals surface area contributed by atoms with Crippen molar-refractivity contribution < 1.29 is 9.90 Å². The first-order chi connectivity index (χ1) is 10.6. The van der Waals surface area contributed by atoms with Gasteiger partial charge in [0.25, 0.3) is 0 Å². The lowest BCUT2D eigenvalue weighted by atomic mass is 10.1. The van der Waals surface area contributed by atoms with Crippen molar-refractivity contribution in [3.8, 4) is 11.3 Å². The van der Waals surface area contributed by atoms with Gasteiger partial charge in [0.15, 0.2) is 0 Å². The highest BCUT2D eigenvalue weighted by Gasteiger charge is 2.11. The molecular formula is C16H12ClN3O2. The average Bonchev–Trinajstić information content (AvgIpc) is 2.53.